The van der Waals surface area contributed by atoms with E-state index in [4.69, 9.17) is 30.9 Å². The number of alkyl halides is 1. The van der Waals surface area contributed by atoms with Gasteiger partial charge < -0.3 is 40.9 Å². The highest BCUT2D eigenvalue weighted by Gasteiger charge is 2.62. The summed E-state index contributed by atoms with van der Waals surface area (Å²) in [6, 6.07) is 1.14. The summed E-state index contributed by atoms with van der Waals surface area (Å²) in [7, 11) is -17.2. The van der Waals surface area contributed by atoms with Crippen molar-refractivity contribution in [3.8, 4) is 0 Å². The molecule has 1 aliphatic rings. The largest absolute Gasteiger partial charge is 0.490 e. The van der Waals surface area contributed by atoms with Gasteiger partial charge in [0.15, 0.2) is 6.23 Å². The lowest BCUT2D eigenvalue weighted by Gasteiger charge is -2.29. The number of ether oxygens (including phenoxy) is 1. The van der Waals surface area contributed by atoms with Crippen molar-refractivity contribution in [2.75, 3.05) is 12.3 Å². The summed E-state index contributed by atoms with van der Waals surface area (Å²) in [5, 5.41) is 10.2. The average Bonchev–Trinajstić information content (AvgIpc) is 2.71. The second-order valence-corrected chi connectivity index (χ2v) is 10.9. The Bertz CT molecular complexity index is 1040. The number of nitrogens with zero attached hydrogens (tertiary/aromatic N) is 2. The van der Waals surface area contributed by atoms with E-state index in [0.29, 0.717) is 4.57 Å². The zero-order valence-corrected chi connectivity index (χ0v) is 18.0. The quantitative estimate of drug-likeness (QED) is 0.193. The van der Waals surface area contributed by atoms with Crippen LogP contribution in [-0.4, -0.2) is 58.3 Å². The normalized spacial score (nSPS) is 33.0. The lowest BCUT2D eigenvalue weighted by Crippen LogP contribution is -2.55. The predicted octanol–water partition coefficient (Wildman–Crippen LogP) is -1.56. The number of rotatable bonds is 8. The molecule has 9 N–H and O–H groups in total. The molecule has 1 aromatic heterocycles. The third kappa shape index (κ3) is 6.24. The molecule has 178 valence electrons. The fraction of sp³-hybridized carbons (Fsp3) is 0.600. The zero-order valence-electron chi connectivity index (χ0n) is 15.3. The first-order valence-electron chi connectivity index (χ1n) is 7.75. The van der Waals surface area contributed by atoms with Crippen molar-refractivity contribution < 1.29 is 60.6 Å². The van der Waals surface area contributed by atoms with Crippen LogP contribution >= 0.6 is 23.5 Å². The number of phosphoric acid groups is 3. The van der Waals surface area contributed by atoms with Gasteiger partial charge in [0.05, 0.1) is 5.54 Å². The number of nitrogens with two attached hydrogens (primary N) is 2. The van der Waals surface area contributed by atoms with Crippen molar-refractivity contribution in [2.45, 2.75) is 30.6 Å². The fourth-order valence-corrected chi connectivity index (χ4v) is 5.56. The molecule has 0 radical (unpaired) electrons. The Morgan fingerprint density at radius 3 is 2.35 bits per heavy atom. The van der Waals surface area contributed by atoms with Crippen LogP contribution in [0.15, 0.2) is 17.1 Å². The van der Waals surface area contributed by atoms with Crippen LogP contribution in [0.1, 0.15) is 13.2 Å². The first-order valence-corrected chi connectivity index (χ1v) is 12.3. The van der Waals surface area contributed by atoms with Crippen LogP contribution < -0.4 is 17.2 Å². The number of anilines is 1. The molecule has 0 saturated carbocycles. The molecule has 6 unspecified atom stereocenters. The number of halogens is 1. The number of aliphatic hydroxyl groups excluding tert-OH is 1. The van der Waals surface area contributed by atoms with E-state index in [-0.39, 0.29) is 5.82 Å². The summed E-state index contributed by atoms with van der Waals surface area (Å²) in [5.74, 6) is -3.56. The highest BCUT2D eigenvalue weighted by Crippen LogP contribution is 2.66. The molecule has 1 saturated heterocycles. The minimum Gasteiger partial charge on any atom is -0.385 e. The smallest absolute Gasteiger partial charge is 0.385 e. The molecule has 2 heterocycles. The molecule has 0 aromatic carbocycles. The van der Waals surface area contributed by atoms with Gasteiger partial charge in [-0.2, -0.15) is 13.6 Å². The van der Waals surface area contributed by atoms with Gasteiger partial charge in [-0.15, -0.1) is 0 Å². The lowest BCUT2D eigenvalue weighted by atomic mass is 9.92. The number of nitrogen functional groups attached to an aromatic ring is 1. The standard InChI is InChI=1S/C10H18FN4O13P3/c1-9(13)6(16)10(11,26-7(9)15-3-2-5(12)14-8(15)17)4-25-30(21,22)28-31(23,24)27-29(18,19)20/h2-3,6-7,16H,4,13H2,1H3,(H,21,22)(H,23,24)(H2,12,14,17)(H2,18,19,20). The van der Waals surface area contributed by atoms with Gasteiger partial charge in [0.2, 0.25) is 0 Å². The summed E-state index contributed by atoms with van der Waals surface area (Å²) >= 11 is 0. The van der Waals surface area contributed by atoms with Crippen LogP contribution in [0.4, 0.5) is 10.2 Å². The Labute approximate surface area is 171 Å². The summed E-state index contributed by atoms with van der Waals surface area (Å²) in [6.45, 7) is -0.588. The predicted molar refractivity (Wildman–Crippen MR) is 95.3 cm³/mol. The molecule has 6 atom stereocenters. The summed E-state index contributed by atoms with van der Waals surface area (Å²) in [6.07, 6.45) is -3.00. The highest BCUT2D eigenvalue weighted by molar-refractivity contribution is 7.66. The molecule has 1 aromatic rings. The van der Waals surface area contributed by atoms with Gasteiger partial charge in [-0.25, -0.2) is 22.9 Å². The number of hydrogen-bond acceptors (Lipinski definition) is 12. The topological polar surface area (TPSA) is 276 Å². The van der Waals surface area contributed by atoms with Crippen molar-refractivity contribution in [2.24, 2.45) is 5.73 Å². The Kier molecular flexibility index (Phi) is 7.05. The van der Waals surface area contributed by atoms with Crippen molar-refractivity contribution in [1.82, 2.24) is 9.55 Å². The highest BCUT2D eigenvalue weighted by atomic mass is 31.3. The maximum absolute atomic E-state index is 15.2. The van der Waals surface area contributed by atoms with Gasteiger partial charge in [0, 0.05) is 6.20 Å². The summed E-state index contributed by atoms with van der Waals surface area (Å²) in [5.41, 5.74) is 8.11. The maximum atomic E-state index is 15.2. The van der Waals surface area contributed by atoms with Crippen molar-refractivity contribution in [1.29, 1.82) is 0 Å². The van der Waals surface area contributed by atoms with Crippen LogP contribution in [0.25, 0.3) is 0 Å². The van der Waals surface area contributed by atoms with E-state index in [1.54, 1.807) is 0 Å². The molecule has 17 nitrogen and oxygen atoms in total. The Morgan fingerprint density at radius 1 is 1.26 bits per heavy atom. The van der Waals surface area contributed by atoms with Gasteiger partial charge in [0.25, 0.3) is 5.85 Å². The average molecular weight is 514 g/mol. The number of aromatic nitrogens is 2. The molecule has 21 heteroatoms. The first-order chi connectivity index (χ1) is 13.8. The van der Waals surface area contributed by atoms with Crippen LogP contribution in [0.5, 0.6) is 0 Å². The van der Waals surface area contributed by atoms with Crippen LogP contribution in [-0.2, 0) is 31.6 Å². The second kappa shape index (κ2) is 8.35. The molecule has 0 bridgehead atoms. The van der Waals surface area contributed by atoms with Gasteiger partial charge >= 0.3 is 29.2 Å². The van der Waals surface area contributed by atoms with Gasteiger partial charge in [-0.1, -0.05) is 0 Å². The number of phosphoric ester groups is 1. The molecule has 1 fully saturated rings. The minimum atomic E-state index is -5.85. The van der Waals surface area contributed by atoms with E-state index in [0.717, 1.165) is 19.2 Å². The van der Waals surface area contributed by atoms with E-state index in [9.17, 15) is 28.5 Å². The Hall–Kier alpha value is -1.10. The van der Waals surface area contributed by atoms with E-state index in [1.165, 1.54) is 0 Å². The van der Waals surface area contributed by atoms with Gasteiger partial charge in [-0.3, -0.25) is 9.09 Å². The molecule has 31 heavy (non-hydrogen) atoms. The van der Waals surface area contributed by atoms with Crippen molar-refractivity contribution in [3.05, 3.63) is 22.7 Å². The van der Waals surface area contributed by atoms with Crippen molar-refractivity contribution in [3.63, 3.8) is 0 Å². The van der Waals surface area contributed by atoms with E-state index >= 15 is 4.39 Å². The Morgan fingerprint density at radius 2 is 1.84 bits per heavy atom. The molecule has 0 spiro atoms. The third-order valence-electron chi connectivity index (χ3n) is 3.78. The molecule has 0 amide bonds. The lowest BCUT2D eigenvalue weighted by molar-refractivity contribution is -0.204. The van der Waals surface area contributed by atoms with Crippen LogP contribution in [0.2, 0.25) is 0 Å². The number of aliphatic hydroxyl groups is 1. The van der Waals surface area contributed by atoms with E-state index in [2.05, 4.69) is 18.1 Å². The third-order valence-corrected chi connectivity index (χ3v) is 7.56. The Balaban J connectivity index is 2.21. The summed E-state index contributed by atoms with van der Waals surface area (Å²) < 4.78 is 65.5. The molecular formula is C10H18FN4O13P3. The van der Waals surface area contributed by atoms with E-state index in [1.807, 2.05) is 0 Å². The first kappa shape index (κ1) is 26.2. The fourth-order valence-electron chi connectivity index (χ4n) is 2.52. The monoisotopic (exact) mass is 514 g/mol. The molecule has 2 rings (SSSR count). The van der Waals surface area contributed by atoms with Crippen LogP contribution in [0, 0.1) is 0 Å². The molecule has 1 aliphatic heterocycles. The maximum Gasteiger partial charge on any atom is 0.490 e. The molecular weight excluding hydrogens is 496 g/mol. The minimum absolute atomic E-state index is 0.183. The SMILES string of the molecule is CC1(N)C(n2ccc(N)nc2=O)OC(F)(COP(=O)(O)OP(=O)(O)OP(=O)(O)O)C1O. The zero-order chi connectivity index (χ0) is 24.0. The molecule has 0 aliphatic carbocycles. The van der Waals surface area contributed by atoms with Crippen LogP contribution in [0.3, 0.4) is 0 Å². The second-order valence-electron chi connectivity index (χ2n) is 6.43. The van der Waals surface area contributed by atoms with E-state index < -0.39 is 59.5 Å². The number of hydrogen-bond donors (Lipinski definition) is 7. The van der Waals surface area contributed by atoms with Gasteiger partial charge in [0.1, 0.15) is 18.5 Å². The van der Waals surface area contributed by atoms with Crippen molar-refractivity contribution >= 4 is 29.3 Å². The van der Waals surface area contributed by atoms with Gasteiger partial charge in [-0.05, 0) is 13.0 Å². The summed E-state index contributed by atoms with van der Waals surface area (Å²) in [4.78, 5) is 50.8.